The van der Waals surface area contributed by atoms with Crippen molar-refractivity contribution < 1.29 is 9.53 Å². The van der Waals surface area contributed by atoms with E-state index in [4.69, 9.17) is 10.1 Å². The number of cyclic esters (lactones) is 1. The van der Waals surface area contributed by atoms with Crippen molar-refractivity contribution in [2.75, 3.05) is 11.4 Å². The Bertz CT molecular complexity index is 686. The minimum atomic E-state index is -0.690. The Kier molecular flexibility index (Phi) is 4.66. The SMILES string of the molecule is CCC(=N)N=CC[C@@]1(CC)OC(=O)N1c1ccc2c(c1)CNCC2. The number of ether oxygens (including phenoxy) is 1. The summed E-state index contributed by atoms with van der Waals surface area (Å²) in [6.07, 6.45) is 4.13. The van der Waals surface area contributed by atoms with E-state index in [2.05, 4.69) is 22.4 Å². The molecule has 1 atom stereocenters. The second kappa shape index (κ2) is 6.73. The van der Waals surface area contributed by atoms with E-state index in [9.17, 15) is 4.79 Å². The van der Waals surface area contributed by atoms with Crippen molar-refractivity contribution in [1.82, 2.24) is 5.32 Å². The lowest BCUT2D eigenvalue weighted by Crippen LogP contribution is -2.66. The molecule has 2 N–H and O–H groups in total. The third kappa shape index (κ3) is 2.94. The van der Waals surface area contributed by atoms with Crippen LogP contribution in [0.4, 0.5) is 10.5 Å². The molecule has 0 aromatic heterocycles. The Morgan fingerprint density at radius 1 is 1.46 bits per heavy atom. The lowest BCUT2D eigenvalue weighted by molar-refractivity contribution is -0.0433. The fourth-order valence-corrected chi connectivity index (χ4v) is 3.23. The van der Waals surface area contributed by atoms with Crippen LogP contribution in [0.25, 0.3) is 0 Å². The highest BCUT2D eigenvalue weighted by molar-refractivity contribution is 5.96. The molecule has 0 saturated carbocycles. The Morgan fingerprint density at radius 3 is 3.00 bits per heavy atom. The van der Waals surface area contributed by atoms with Gasteiger partial charge in [-0.05, 0) is 36.2 Å². The molecular weight excluding hydrogens is 304 g/mol. The van der Waals surface area contributed by atoms with Crippen molar-refractivity contribution in [2.24, 2.45) is 4.99 Å². The molecule has 0 unspecified atom stereocenters. The molecule has 1 aromatic rings. The van der Waals surface area contributed by atoms with E-state index >= 15 is 0 Å². The summed E-state index contributed by atoms with van der Waals surface area (Å²) in [5.74, 6) is 0.332. The van der Waals surface area contributed by atoms with Crippen LogP contribution in [0.5, 0.6) is 0 Å². The summed E-state index contributed by atoms with van der Waals surface area (Å²) in [4.78, 5) is 18.0. The summed E-state index contributed by atoms with van der Waals surface area (Å²) in [6.45, 7) is 5.72. The molecule has 0 radical (unpaired) electrons. The quantitative estimate of drug-likeness (QED) is 0.643. The molecule has 1 aromatic carbocycles. The molecule has 0 aliphatic carbocycles. The second-order valence-electron chi connectivity index (χ2n) is 6.20. The number of nitrogens with zero attached hydrogens (tertiary/aromatic N) is 2. The number of rotatable bonds is 5. The minimum absolute atomic E-state index is 0.320. The Hall–Kier alpha value is -2.21. The Morgan fingerprint density at radius 2 is 2.29 bits per heavy atom. The maximum absolute atomic E-state index is 12.1. The molecule has 128 valence electrons. The molecule has 2 aliphatic heterocycles. The zero-order valence-corrected chi connectivity index (χ0v) is 14.3. The van der Waals surface area contributed by atoms with E-state index in [0.29, 0.717) is 25.1 Å². The van der Waals surface area contributed by atoms with Crippen molar-refractivity contribution in [1.29, 1.82) is 5.41 Å². The van der Waals surface area contributed by atoms with E-state index in [0.717, 1.165) is 25.2 Å². The number of fused-ring (bicyclic) bond motifs is 1. The third-order valence-electron chi connectivity index (χ3n) is 4.75. The predicted octanol–water partition coefficient (Wildman–Crippen LogP) is 3.24. The first-order valence-corrected chi connectivity index (χ1v) is 8.55. The molecule has 1 saturated heterocycles. The topological polar surface area (TPSA) is 77.8 Å². The van der Waals surface area contributed by atoms with Crippen LogP contribution in [0, 0.1) is 5.41 Å². The van der Waals surface area contributed by atoms with Gasteiger partial charge in [0.1, 0.15) is 5.84 Å². The van der Waals surface area contributed by atoms with Crippen molar-refractivity contribution in [3.05, 3.63) is 29.3 Å². The zero-order valence-electron chi connectivity index (χ0n) is 14.3. The van der Waals surface area contributed by atoms with Crippen LogP contribution < -0.4 is 10.2 Å². The van der Waals surface area contributed by atoms with Gasteiger partial charge in [-0.25, -0.2) is 14.7 Å². The average molecular weight is 328 g/mol. The lowest BCUT2D eigenvalue weighted by atomic mass is 9.97. The van der Waals surface area contributed by atoms with Gasteiger partial charge in [-0.1, -0.05) is 19.9 Å². The smallest absolute Gasteiger partial charge is 0.419 e. The number of anilines is 1. The van der Waals surface area contributed by atoms with Crippen molar-refractivity contribution in [3.8, 4) is 0 Å². The van der Waals surface area contributed by atoms with Crippen LogP contribution in [0.2, 0.25) is 0 Å². The maximum Gasteiger partial charge on any atom is 0.419 e. The van der Waals surface area contributed by atoms with Gasteiger partial charge in [0.25, 0.3) is 0 Å². The largest absolute Gasteiger partial charge is 0.421 e. The molecular formula is C18H24N4O2. The van der Waals surface area contributed by atoms with Crippen LogP contribution in [0.1, 0.15) is 44.2 Å². The molecule has 0 spiro atoms. The third-order valence-corrected chi connectivity index (χ3v) is 4.75. The number of benzene rings is 1. The average Bonchev–Trinajstić information content (AvgIpc) is 2.60. The Balaban J connectivity index is 1.83. The molecule has 1 amide bonds. The minimum Gasteiger partial charge on any atom is -0.421 e. The molecule has 2 heterocycles. The first kappa shape index (κ1) is 16.6. The molecule has 24 heavy (non-hydrogen) atoms. The highest BCUT2D eigenvalue weighted by atomic mass is 16.6. The number of aliphatic imine (C=N–C) groups is 1. The zero-order chi connectivity index (χ0) is 17.2. The van der Waals surface area contributed by atoms with E-state index < -0.39 is 5.72 Å². The summed E-state index contributed by atoms with van der Waals surface area (Å²) in [6, 6.07) is 6.19. The van der Waals surface area contributed by atoms with Gasteiger partial charge in [-0.3, -0.25) is 5.41 Å². The number of carbonyl (C=O) groups is 1. The van der Waals surface area contributed by atoms with Crippen LogP contribution in [0.3, 0.4) is 0 Å². The lowest BCUT2D eigenvalue weighted by Gasteiger charge is -2.50. The first-order valence-electron chi connectivity index (χ1n) is 8.55. The number of hydrogen-bond donors (Lipinski definition) is 2. The fourth-order valence-electron chi connectivity index (χ4n) is 3.23. The van der Waals surface area contributed by atoms with E-state index in [-0.39, 0.29) is 6.09 Å². The molecule has 0 bridgehead atoms. The maximum atomic E-state index is 12.1. The molecule has 3 rings (SSSR count). The van der Waals surface area contributed by atoms with Gasteiger partial charge in [-0.15, -0.1) is 0 Å². The van der Waals surface area contributed by atoms with E-state index in [1.807, 2.05) is 19.9 Å². The first-order chi connectivity index (χ1) is 11.6. The molecule has 1 fully saturated rings. The van der Waals surface area contributed by atoms with Crippen LogP contribution in [0.15, 0.2) is 23.2 Å². The Labute approximate surface area is 142 Å². The van der Waals surface area contributed by atoms with E-state index in [1.54, 1.807) is 11.1 Å². The van der Waals surface area contributed by atoms with Gasteiger partial charge in [0.15, 0.2) is 0 Å². The number of hydrogen-bond acceptors (Lipinski definition) is 4. The number of carbonyl (C=O) groups excluding carboxylic acids is 1. The number of amidine groups is 1. The molecule has 6 heteroatoms. The fraction of sp³-hybridized carbons (Fsp3) is 0.500. The number of amides is 1. The predicted molar refractivity (Wildman–Crippen MR) is 95.0 cm³/mol. The van der Waals surface area contributed by atoms with Crippen molar-refractivity contribution in [2.45, 2.75) is 51.8 Å². The molecule has 2 aliphatic rings. The second-order valence-corrected chi connectivity index (χ2v) is 6.20. The van der Waals surface area contributed by atoms with Gasteiger partial charge in [0.2, 0.25) is 5.72 Å². The van der Waals surface area contributed by atoms with E-state index in [1.165, 1.54) is 11.1 Å². The van der Waals surface area contributed by atoms with Crippen molar-refractivity contribution >= 4 is 23.8 Å². The summed E-state index contributed by atoms with van der Waals surface area (Å²) < 4.78 is 5.51. The van der Waals surface area contributed by atoms with Gasteiger partial charge >= 0.3 is 6.09 Å². The van der Waals surface area contributed by atoms with Gasteiger partial charge < -0.3 is 10.1 Å². The van der Waals surface area contributed by atoms with Gasteiger partial charge in [0, 0.05) is 32.0 Å². The van der Waals surface area contributed by atoms with Gasteiger partial charge in [-0.2, -0.15) is 0 Å². The van der Waals surface area contributed by atoms with Crippen LogP contribution in [-0.2, 0) is 17.7 Å². The summed E-state index contributed by atoms with van der Waals surface area (Å²) in [5.41, 5.74) is 2.76. The van der Waals surface area contributed by atoms with Crippen LogP contribution in [-0.4, -0.2) is 30.4 Å². The normalized spacial score (nSPS) is 22.9. The summed E-state index contributed by atoms with van der Waals surface area (Å²) in [5, 5.41) is 11.0. The number of nitrogens with one attached hydrogen (secondary N) is 2. The highest BCUT2D eigenvalue weighted by Crippen LogP contribution is 2.40. The summed E-state index contributed by atoms with van der Waals surface area (Å²) >= 11 is 0. The summed E-state index contributed by atoms with van der Waals surface area (Å²) in [7, 11) is 0. The highest BCUT2D eigenvalue weighted by Gasteiger charge is 2.52. The van der Waals surface area contributed by atoms with Crippen molar-refractivity contribution in [3.63, 3.8) is 0 Å². The monoisotopic (exact) mass is 328 g/mol. The van der Waals surface area contributed by atoms with Gasteiger partial charge in [0.05, 0.1) is 5.69 Å². The standard InChI is InChI=1S/C18H24N4O2/c1-3-16(19)21-10-8-18(4-2)22(17(23)24-18)15-6-5-13-7-9-20-12-14(13)11-15/h5-6,10-11,19-20H,3-4,7-9,12H2,1-2H3/t18-/m1/s1. The molecule has 6 nitrogen and oxygen atoms in total. The van der Waals surface area contributed by atoms with Crippen LogP contribution >= 0.6 is 0 Å².